The molecule has 1 rings (SSSR count). The number of hydrogen-bond acceptors (Lipinski definition) is 4. The zero-order valence-electron chi connectivity index (χ0n) is 13.7. The average Bonchev–Trinajstić information content (AvgIpc) is 2.56. The van der Waals surface area contributed by atoms with E-state index in [1.165, 1.54) is 0 Å². The minimum Gasteiger partial charge on any atom is -0.497 e. The van der Waals surface area contributed by atoms with Crippen LogP contribution in [0.5, 0.6) is 5.75 Å². The van der Waals surface area contributed by atoms with Crippen molar-refractivity contribution in [3.8, 4) is 5.75 Å². The second-order valence-electron chi connectivity index (χ2n) is 4.61. The molecule has 1 aromatic carbocycles. The normalized spacial score (nSPS) is 11.0. The second-order valence-corrected chi connectivity index (χ2v) is 4.61. The van der Waals surface area contributed by atoms with E-state index in [1.54, 1.807) is 18.9 Å². The van der Waals surface area contributed by atoms with Crippen LogP contribution in [0, 0.1) is 0 Å². The molecule has 0 aliphatic heterocycles. The van der Waals surface area contributed by atoms with Gasteiger partial charge in [0.2, 0.25) is 11.8 Å². The summed E-state index contributed by atoms with van der Waals surface area (Å²) in [6.45, 7) is 4.09. The first-order chi connectivity index (χ1) is 10.5. The number of benzene rings is 1. The number of rotatable bonds is 7. The van der Waals surface area contributed by atoms with Gasteiger partial charge < -0.3 is 20.5 Å². The Kier molecular flexibility index (Phi) is 9.61. The lowest BCUT2D eigenvalue weighted by Gasteiger charge is -2.29. The molecule has 0 unspecified atom stereocenters. The fourth-order valence-electron chi connectivity index (χ4n) is 2.03. The first kappa shape index (κ1) is 19.9. The highest BCUT2D eigenvalue weighted by atomic mass is 16.5. The maximum absolute atomic E-state index is 12.0. The quantitative estimate of drug-likeness (QED) is 0.802. The average molecular weight is 312 g/mol. The van der Waals surface area contributed by atoms with Gasteiger partial charge in [-0.1, -0.05) is 19.1 Å². The molecule has 0 radical (unpaired) electrons. The molecule has 1 aromatic rings. The molecule has 6 nitrogen and oxygen atoms in total. The van der Waals surface area contributed by atoms with Gasteiger partial charge in [0.1, 0.15) is 5.75 Å². The SMILES string of the molecule is CCC(=O)N(CCC(N)=O)[C@@H](C)c1ccc(OC)cc1.CO.[HH]. The maximum Gasteiger partial charge on any atom is 0.222 e. The topological polar surface area (TPSA) is 92.9 Å². The molecule has 0 saturated heterocycles. The smallest absolute Gasteiger partial charge is 0.222 e. The summed E-state index contributed by atoms with van der Waals surface area (Å²) >= 11 is 0. The van der Waals surface area contributed by atoms with Crippen molar-refractivity contribution in [3.05, 3.63) is 29.8 Å². The summed E-state index contributed by atoms with van der Waals surface area (Å²) < 4.78 is 5.12. The molecular weight excluding hydrogens is 284 g/mol. The molecular formula is C16H28N2O4. The lowest BCUT2D eigenvalue weighted by atomic mass is 10.1. The standard InChI is InChI=1S/C15H22N2O3.CH4O.H2/c1-4-15(19)17(10-9-14(16)18)11(2)12-5-7-13(20-3)8-6-12;1-2;/h5-8,11H,4,9-10H2,1-3H3,(H2,16,18);2H,1H3;1H/t11-;;/m0../s1. The minimum absolute atomic E-state index is 0. The monoisotopic (exact) mass is 312 g/mol. The zero-order chi connectivity index (χ0) is 17.1. The summed E-state index contributed by atoms with van der Waals surface area (Å²) in [4.78, 5) is 24.6. The van der Waals surface area contributed by atoms with Crippen LogP contribution in [0.1, 0.15) is 39.7 Å². The fourth-order valence-corrected chi connectivity index (χ4v) is 2.03. The zero-order valence-corrected chi connectivity index (χ0v) is 13.7. The summed E-state index contributed by atoms with van der Waals surface area (Å²) in [7, 11) is 2.61. The van der Waals surface area contributed by atoms with Crippen molar-refractivity contribution < 1.29 is 20.9 Å². The molecule has 2 amide bonds. The van der Waals surface area contributed by atoms with Gasteiger partial charge in [-0.25, -0.2) is 0 Å². The van der Waals surface area contributed by atoms with E-state index in [9.17, 15) is 9.59 Å². The Balaban J connectivity index is 0. The molecule has 3 N–H and O–H groups in total. The number of nitrogens with zero attached hydrogens (tertiary/aromatic N) is 1. The molecule has 0 aliphatic carbocycles. The molecule has 0 fully saturated rings. The number of methoxy groups -OCH3 is 1. The molecule has 22 heavy (non-hydrogen) atoms. The van der Waals surface area contributed by atoms with Gasteiger partial charge in [0.25, 0.3) is 0 Å². The number of aliphatic hydroxyl groups is 1. The number of carbonyl (C=O) groups is 2. The van der Waals surface area contributed by atoms with Crippen molar-refractivity contribution in [1.29, 1.82) is 0 Å². The summed E-state index contributed by atoms with van der Waals surface area (Å²) in [5.74, 6) is 0.377. The second kappa shape index (κ2) is 10.6. The van der Waals surface area contributed by atoms with Crippen LogP contribution in [0.15, 0.2) is 24.3 Å². The van der Waals surface area contributed by atoms with Gasteiger partial charge in [-0.3, -0.25) is 9.59 Å². The van der Waals surface area contributed by atoms with Crippen LogP contribution < -0.4 is 10.5 Å². The third-order valence-corrected chi connectivity index (χ3v) is 3.29. The third-order valence-electron chi connectivity index (χ3n) is 3.29. The lowest BCUT2D eigenvalue weighted by molar-refractivity contribution is -0.133. The minimum atomic E-state index is -0.402. The van der Waals surface area contributed by atoms with E-state index in [4.69, 9.17) is 15.6 Å². The van der Waals surface area contributed by atoms with E-state index in [0.29, 0.717) is 13.0 Å². The highest BCUT2D eigenvalue weighted by Crippen LogP contribution is 2.23. The van der Waals surface area contributed by atoms with Gasteiger partial charge in [0.05, 0.1) is 13.2 Å². The van der Waals surface area contributed by atoms with Gasteiger partial charge in [-0.05, 0) is 24.6 Å². The van der Waals surface area contributed by atoms with Crippen molar-refractivity contribution in [2.24, 2.45) is 5.73 Å². The number of aliphatic hydroxyl groups excluding tert-OH is 1. The van der Waals surface area contributed by atoms with Gasteiger partial charge in [-0.15, -0.1) is 0 Å². The molecule has 0 saturated carbocycles. The van der Waals surface area contributed by atoms with Crippen molar-refractivity contribution in [3.63, 3.8) is 0 Å². The Morgan fingerprint density at radius 2 is 1.86 bits per heavy atom. The molecule has 6 heteroatoms. The number of primary amides is 1. The van der Waals surface area contributed by atoms with E-state index in [0.717, 1.165) is 18.4 Å². The van der Waals surface area contributed by atoms with Gasteiger partial charge in [0, 0.05) is 27.9 Å². The van der Waals surface area contributed by atoms with E-state index < -0.39 is 5.91 Å². The first-order valence-electron chi connectivity index (χ1n) is 7.16. The van der Waals surface area contributed by atoms with E-state index in [-0.39, 0.29) is 19.8 Å². The van der Waals surface area contributed by atoms with Crippen LogP contribution in [0.3, 0.4) is 0 Å². The summed E-state index contributed by atoms with van der Waals surface area (Å²) in [5, 5.41) is 7.00. The van der Waals surface area contributed by atoms with Crippen LogP contribution >= 0.6 is 0 Å². The van der Waals surface area contributed by atoms with Gasteiger partial charge in [-0.2, -0.15) is 0 Å². The van der Waals surface area contributed by atoms with Crippen LogP contribution in [0.4, 0.5) is 0 Å². The van der Waals surface area contributed by atoms with Crippen molar-refractivity contribution >= 4 is 11.8 Å². The Morgan fingerprint density at radius 1 is 1.32 bits per heavy atom. The molecule has 0 aliphatic rings. The Hall–Kier alpha value is -2.08. The van der Waals surface area contributed by atoms with Crippen LogP contribution in [-0.2, 0) is 9.59 Å². The fraction of sp³-hybridized carbons (Fsp3) is 0.500. The predicted octanol–water partition coefficient (Wildman–Crippen LogP) is 1.72. The molecule has 0 bridgehead atoms. The first-order valence-corrected chi connectivity index (χ1v) is 7.16. The predicted molar refractivity (Wildman–Crippen MR) is 87.5 cm³/mol. The van der Waals surface area contributed by atoms with Gasteiger partial charge >= 0.3 is 0 Å². The van der Waals surface area contributed by atoms with Crippen molar-refractivity contribution in [1.82, 2.24) is 4.90 Å². The Morgan fingerprint density at radius 3 is 2.27 bits per heavy atom. The highest BCUT2D eigenvalue weighted by Gasteiger charge is 2.20. The molecule has 0 aromatic heterocycles. The van der Waals surface area contributed by atoms with Crippen molar-refractivity contribution in [2.45, 2.75) is 32.7 Å². The van der Waals surface area contributed by atoms with Gasteiger partial charge in [0.15, 0.2) is 0 Å². The number of nitrogens with two attached hydrogens (primary N) is 1. The summed E-state index contributed by atoms with van der Waals surface area (Å²) in [6, 6.07) is 7.45. The van der Waals surface area contributed by atoms with Crippen LogP contribution in [-0.4, -0.2) is 42.6 Å². The van der Waals surface area contributed by atoms with Crippen molar-refractivity contribution in [2.75, 3.05) is 20.8 Å². The molecule has 1 atom stereocenters. The molecule has 126 valence electrons. The van der Waals surface area contributed by atoms with E-state index in [2.05, 4.69) is 0 Å². The summed E-state index contributed by atoms with van der Waals surface area (Å²) in [6.07, 6.45) is 0.575. The lowest BCUT2D eigenvalue weighted by Crippen LogP contribution is -2.35. The number of hydrogen-bond donors (Lipinski definition) is 2. The van der Waals surface area contributed by atoms with Crippen LogP contribution in [0.25, 0.3) is 0 Å². The summed E-state index contributed by atoms with van der Waals surface area (Å²) in [5.41, 5.74) is 6.16. The highest BCUT2D eigenvalue weighted by molar-refractivity contribution is 5.78. The Bertz CT molecular complexity index is 466. The van der Waals surface area contributed by atoms with E-state index >= 15 is 0 Å². The van der Waals surface area contributed by atoms with E-state index in [1.807, 2.05) is 31.2 Å². The number of carbonyl (C=O) groups excluding carboxylic acids is 2. The Labute approximate surface area is 133 Å². The largest absolute Gasteiger partial charge is 0.497 e. The van der Waals surface area contributed by atoms with Crippen LogP contribution in [0.2, 0.25) is 0 Å². The molecule has 0 spiro atoms. The number of amides is 2. The maximum atomic E-state index is 12.0. The third kappa shape index (κ3) is 6.13. The number of ether oxygens (including phenoxy) is 1. The molecule has 0 heterocycles.